The number of fused-ring (bicyclic) bond motifs is 1. The average Bonchev–Trinajstić information content (AvgIpc) is 3.20. The molecular weight excluding hydrogens is 358 g/mol. The van der Waals surface area contributed by atoms with Gasteiger partial charge in [0.25, 0.3) is 0 Å². The molecule has 0 aliphatic heterocycles. The molecule has 2 heterocycles. The number of hydrogen-bond donors (Lipinski definition) is 1. The van der Waals surface area contributed by atoms with Crippen LogP contribution in [-0.4, -0.2) is 25.6 Å². The number of aromatic nitrogens is 3. The molecule has 0 unspecified atom stereocenters. The van der Waals surface area contributed by atoms with E-state index in [4.69, 9.17) is 11.6 Å². The van der Waals surface area contributed by atoms with E-state index >= 15 is 0 Å². The van der Waals surface area contributed by atoms with E-state index in [-0.39, 0.29) is 4.88 Å². The molecule has 0 atom stereocenters. The fourth-order valence-electron chi connectivity index (χ4n) is 2.64. The van der Waals surface area contributed by atoms with Crippen LogP contribution in [0.5, 0.6) is 0 Å². The van der Waals surface area contributed by atoms with Crippen molar-refractivity contribution in [1.82, 2.24) is 14.5 Å². The zero-order valence-corrected chi connectivity index (χ0v) is 14.7. The molecule has 1 N–H and O–H groups in total. The largest absolute Gasteiger partial charge is 0.477 e. The van der Waals surface area contributed by atoms with Crippen LogP contribution >= 0.6 is 22.9 Å². The first-order chi connectivity index (χ1) is 12.0. The number of imidazole rings is 1. The second-order valence-corrected chi connectivity index (χ2v) is 6.93. The van der Waals surface area contributed by atoms with E-state index in [0.717, 1.165) is 33.5 Å². The van der Waals surface area contributed by atoms with Gasteiger partial charge in [-0.05, 0) is 24.6 Å². The number of thiazole rings is 1. The van der Waals surface area contributed by atoms with Crippen LogP contribution in [0.15, 0.2) is 48.8 Å². The summed E-state index contributed by atoms with van der Waals surface area (Å²) in [4.78, 5) is 20.8. The number of benzene rings is 2. The highest BCUT2D eigenvalue weighted by Crippen LogP contribution is 2.32. The average molecular weight is 370 g/mol. The number of hydrogen-bond acceptors (Lipinski definition) is 4. The maximum absolute atomic E-state index is 11.7. The molecule has 4 rings (SSSR count). The SMILES string of the molecule is Cc1cc2ncn(-c3nc(-c4ccccc4)c(C(=O)O)s3)c2cc1Cl. The number of rotatable bonds is 3. The van der Waals surface area contributed by atoms with E-state index in [9.17, 15) is 9.90 Å². The smallest absolute Gasteiger partial charge is 0.348 e. The van der Waals surface area contributed by atoms with Gasteiger partial charge < -0.3 is 5.11 Å². The zero-order chi connectivity index (χ0) is 17.6. The number of halogens is 1. The fraction of sp³-hybridized carbons (Fsp3) is 0.0556. The van der Waals surface area contributed by atoms with Crippen LogP contribution in [0.3, 0.4) is 0 Å². The van der Waals surface area contributed by atoms with Gasteiger partial charge in [-0.3, -0.25) is 4.57 Å². The van der Waals surface area contributed by atoms with E-state index in [1.165, 1.54) is 0 Å². The molecule has 0 bridgehead atoms. The molecule has 25 heavy (non-hydrogen) atoms. The summed E-state index contributed by atoms with van der Waals surface area (Å²) >= 11 is 7.35. The second-order valence-electron chi connectivity index (χ2n) is 5.55. The van der Waals surface area contributed by atoms with Gasteiger partial charge in [0.2, 0.25) is 0 Å². The minimum absolute atomic E-state index is 0.196. The number of carbonyl (C=O) groups is 1. The second kappa shape index (κ2) is 5.98. The van der Waals surface area contributed by atoms with Crippen molar-refractivity contribution in [3.63, 3.8) is 0 Å². The van der Waals surface area contributed by atoms with Crippen LogP contribution in [0.2, 0.25) is 5.02 Å². The molecule has 4 aromatic rings. The van der Waals surface area contributed by atoms with E-state index in [2.05, 4.69) is 9.97 Å². The molecule has 2 aromatic heterocycles. The summed E-state index contributed by atoms with van der Waals surface area (Å²) < 4.78 is 1.77. The van der Waals surface area contributed by atoms with Gasteiger partial charge in [-0.25, -0.2) is 14.8 Å². The summed E-state index contributed by atoms with van der Waals surface area (Å²) in [6.07, 6.45) is 1.64. The van der Waals surface area contributed by atoms with E-state index in [1.807, 2.05) is 49.4 Å². The predicted molar refractivity (Wildman–Crippen MR) is 98.9 cm³/mol. The first-order valence-electron chi connectivity index (χ1n) is 7.47. The normalized spacial score (nSPS) is 11.1. The molecule has 0 aliphatic rings. The Bertz CT molecular complexity index is 1100. The number of carboxylic acids is 1. The zero-order valence-electron chi connectivity index (χ0n) is 13.1. The Morgan fingerprint density at radius 2 is 2.00 bits per heavy atom. The number of nitrogens with zero attached hydrogens (tertiary/aromatic N) is 3. The van der Waals surface area contributed by atoms with Crippen LogP contribution in [0.4, 0.5) is 0 Å². The Labute approximate surface area is 152 Å². The van der Waals surface area contributed by atoms with Gasteiger partial charge in [-0.15, -0.1) is 0 Å². The van der Waals surface area contributed by atoms with E-state index in [1.54, 1.807) is 10.9 Å². The minimum Gasteiger partial charge on any atom is -0.477 e. The standard InChI is InChI=1S/C18H12ClN3O2S/c1-10-7-13-14(8-12(10)19)22(9-20-13)18-21-15(16(25-18)17(23)24)11-5-3-2-4-6-11/h2-9H,1H3,(H,23,24). The number of carboxylic acid groups (broad SMARTS) is 1. The lowest BCUT2D eigenvalue weighted by Crippen LogP contribution is -1.95. The third-order valence-electron chi connectivity index (χ3n) is 3.89. The monoisotopic (exact) mass is 369 g/mol. The lowest BCUT2D eigenvalue weighted by atomic mass is 10.1. The molecule has 124 valence electrons. The molecule has 0 saturated heterocycles. The van der Waals surface area contributed by atoms with Gasteiger partial charge in [0.05, 0.1) is 16.7 Å². The van der Waals surface area contributed by atoms with Crippen LogP contribution < -0.4 is 0 Å². The van der Waals surface area contributed by atoms with Gasteiger partial charge in [-0.2, -0.15) is 0 Å². The first-order valence-corrected chi connectivity index (χ1v) is 8.67. The van der Waals surface area contributed by atoms with E-state index < -0.39 is 5.97 Å². The summed E-state index contributed by atoms with van der Waals surface area (Å²) in [7, 11) is 0. The summed E-state index contributed by atoms with van der Waals surface area (Å²) in [5.74, 6) is -0.999. The molecule has 5 nitrogen and oxygen atoms in total. The molecule has 0 amide bonds. The highest BCUT2D eigenvalue weighted by atomic mass is 35.5. The van der Waals surface area contributed by atoms with Crippen molar-refractivity contribution >= 4 is 39.9 Å². The molecule has 2 aromatic carbocycles. The van der Waals surface area contributed by atoms with E-state index in [0.29, 0.717) is 15.8 Å². The molecule has 7 heteroatoms. The third kappa shape index (κ3) is 2.69. The molecule has 0 radical (unpaired) electrons. The lowest BCUT2D eigenvalue weighted by molar-refractivity contribution is 0.0702. The van der Waals surface area contributed by atoms with Crippen molar-refractivity contribution in [3.8, 4) is 16.4 Å². The number of aryl methyl sites for hydroxylation is 1. The van der Waals surface area contributed by atoms with Crippen LogP contribution in [-0.2, 0) is 0 Å². The van der Waals surface area contributed by atoms with Crippen molar-refractivity contribution in [2.75, 3.05) is 0 Å². The number of aromatic carboxylic acids is 1. The van der Waals surface area contributed by atoms with Crippen molar-refractivity contribution in [3.05, 3.63) is 64.3 Å². The molecule has 0 saturated carbocycles. The van der Waals surface area contributed by atoms with Crippen LogP contribution in [0.25, 0.3) is 27.4 Å². The van der Waals surface area contributed by atoms with Crippen LogP contribution in [0.1, 0.15) is 15.2 Å². The molecular formula is C18H12ClN3O2S. The van der Waals surface area contributed by atoms with Crippen molar-refractivity contribution < 1.29 is 9.90 Å². The Kier molecular flexibility index (Phi) is 3.78. The maximum Gasteiger partial charge on any atom is 0.348 e. The predicted octanol–water partition coefficient (Wildman–Crippen LogP) is 4.81. The summed E-state index contributed by atoms with van der Waals surface area (Å²) in [5.41, 5.74) is 3.74. The quantitative estimate of drug-likeness (QED) is 0.562. The van der Waals surface area contributed by atoms with Crippen LogP contribution in [0, 0.1) is 6.92 Å². The highest BCUT2D eigenvalue weighted by molar-refractivity contribution is 7.16. The Hall–Kier alpha value is -2.70. The Morgan fingerprint density at radius 1 is 1.24 bits per heavy atom. The summed E-state index contributed by atoms with van der Waals surface area (Å²) in [6, 6.07) is 13.0. The maximum atomic E-state index is 11.7. The first kappa shape index (κ1) is 15.8. The van der Waals surface area contributed by atoms with Gasteiger partial charge in [0.1, 0.15) is 11.2 Å². The van der Waals surface area contributed by atoms with Crippen molar-refractivity contribution in [1.29, 1.82) is 0 Å². The third-order valence-corrected chi connectivity index (χ3v) is 5.34. The summed E-state index contributed by atoms with van der Waals surface area (Å²) in [6.45, 7) is 1.92. The van der Waals surface area contributed by atoms with Gasteiger partial charge in [0, 0.05) is 10.6 Å². The lowest BCUT2D eigenvalue weighted by Gasteiger charge is -2.01. The molecule has 0 spiro atoms. The highest BCUT2D eigenvalue weighted by Gasteiger charge is 2.20. The molecule has 0 aliphatic carbocycles. The fourth-order valence-corrected chi connectivity index (χ4v) is 3.70. The topological polar surface area (TPSA) is 68.0 Å². The Morgan fingerprint density at radius 3 is 2.72 bits per heavy atom. The Balaban J connectivity index is 1.93. The summed E-state index contributed by atoms with van der Waals surface area (Å²) in [5, 5.41) is 10.7. The van der Waals surface area contributed by atoms with Crippen molar-refractivity contribution in [2.45, 2.75) is 6.92 Å². The van der Waals surface area contributed by atoms with Gasteiger partial charge >= 0.3 is 5.97 Å². The van der Waals surface area contributed by atoms with Gasteiger partial charge in [0.15, 0.2) is 5.13 Å². The molecule has 0 fully saturated rings. The minimum atomic E-state index is -0.999. The van der Waals surface area contributed by atoms with Crippen molar-refractivity contribution in [2.24, 2.45) is 0 Å². The van der Waals surface area contributed by atoms with Gasteiger partial charge in [-0.1, -0.05) is 53.3 Å².